The monoisotopic (exact) mass is 351 g/mol. The minimum Gasteiger partial charge on any atom is -0.378 e. The predicted molar refractivity (Wildman–Crippen MR) is 81.1 cm³/mol. The van der Waals surface area contributed by atoms with Crippen LogP contribution in [0, 0.1) is 0 Å². The van der Waals surface area contributed by atoms with Crippen molar-refractivity contribution in [1.82, 2.24) is 15.4 Å². The van der Waals surface area contributed by atoms with Crippen molar-refractivity contribution in [3.63, 3.8) is 0 Å². The number of rotatable bonds is 3. The van der Waals surface area contributed by atoms with Crippen molar-refractivity contribution in [3.05, 3.63) is 28.4 Å². The van der Waals surface area contributed by atoms with Gasteiger partial charge in [-0.05, 0) is 18.2 Å². The molecule has 1 aliphatic heterocycles. The highest BCUT2D eigenvalue weighted by Gasteiger charge is 2.19. The normalized spacial score (nSPS) is 15.2. The van der Waals surface area contributed by atoms with E-state index in [1.807, 2.05) is 18.2 Å². The van der Waals surface area contributed by atoms with E-state index < -0.39 is 5.91 Å². The molecule has 0 spiro atoms. The highest BCUT2D eigenvalue weighted by atomic mass is 79.9. The largest absolute Gasteiger partial charge is 0.378 e. The lowest BCUT2D eigenvalue weighted by atomic mass is 10.1. The third-order valence-electron chi connectivity index (χ3n) is 3.37. The Labute approximate surface area is 129 Å². The average molecular weight is 352 g/mol. The first kappa shape index (κ1) is 14.0. The van der Waals surface area contributed by atoms with E-state index in [9.17, 15) is 4.79 Å². The van der Waals surface area contributed by atoms with Gasteiger partial charge in [-0.15, -0.1) is 0 Å². The van der Waals surface area contributed by atoms with Gasteiger partial charge in [-0.1, -0.05) is 15.9 Å². The van der Waals surface area contributed by atoms with Crippen molar-refractivity contribution in [2.24, 2.45) is 5.73 Å². The second-order valence-corrected chi connectivity index (χ2v) is 5.50. The second kappa shape index (κ2) is 5.82. The number of primary amides is 1. The van der Waals surface area contributed by atoms with Crippen LogP contribution in [-0.4, -0.2) is 47.6 Å². The highest BCUT2D eigenvalue weighted by Crippen LogP contribution is 2.32. The quantitative estimate of drug-likeness (QED) is 0.864. The molecule has 3 rings (SSSR count). The molecule has 2 heterocycles. The molecule has 7 nitrogen and oxygen atoms in total. The molecule has 0 radical (unpaired) electrons. The summed E-state index contributed by atoms with van der Waals surface area (Å²) < 4.78 is 6.19. The third kappa shape index (κ3) is 2.77. The second-order valence-electron chi connectivity index (χ2n) is 4.65. The number of morpholine rings is 1. The Hall–Kier alpha value is -1.93. The zero-order valence-electron chi connectivity index (χ0n) is 11.2. The first-order chi connectivity index (χ1) is 10.2. The molecule has 21 heavy (non-hydrogen) atoms. The number of anilines is 1. The summed E-state index contributed by atoms with van der Waals surface area (Å²) in [6.07, 6.45) is 0. The Morgan fingerprint density at radius 3 is 2.76 bits per heavy atom. The molecule has 1 aromatic carbocycles. The molecular weight excluding hydrogens is 338 g/mol. The van der Waals surface area contributed by atoms with Gasteiger partial charge in [-0.25, -0.2) is 0 Å². The van der Waals surface area contributed by atoms with Gasteiger partial charge in [0.05, 0.1) is 13.2 Å². The summed E-state index contributed by atoms with van der Waals surface area (Å²) in [4.78, 5) is 13.6. The Bertz CT molecular complexity index is 666. The van der Waals surface area contributed by atoms with Crippen LogP contribution in [0.25, 0.3) is 11.3 Å². The molecule has 0 saturated carbocycles. The summed E-state index contributed by atoms with van der Waals surface area (Å²) in [5.74, 6) is -0.608. The predicted octanol–water partition coefficient (Wildman–Crippen LogP) is 1.17. The van der Waals surface area contributed by atoms with Gasteiger partial charge in [0.2, 0.25) is 0 Å². The minimum absolute atomic E-state index is 0.134. The summed E-state index contributed by atoms with van der Waals surface area (Å²) in [5.41, 5.74) is 7.74. The van der Waals surface area contributed by atoms with E-state index in [2.05, 4.69) is 36.2 Å². The van der Waals surface area contributed by atoms with Crippen LogP contribution >= 0.6 is 15.9 Å². The summed E-state index contributed by atoms with van der Waals surface area (Å²) in [6, 6.07) is 5.89. The van der Waals surface area contributed by atoms with Gasteiger partial charge in [0, 0.05) is 28.8 Å². The van der Waals surface area contributed by atoms with Gasteiger partial charge in [0.25, 0.3) is 5.91 Å². The number of aromatic nitrogens is 3. The number of amides is 1. The lowest BCUT2D eigenvalue weighted by molar-refractivity contribution is 0.0996. The number of ether oxygens (including phenoxy) is 1. The molecule has 0 unspecified atom stereocenters. The van der Waals surface area contributed by atoms with E-state index in [1.54, 1.807) is 0 Å². The SMILES string of the molecule is NC(=O)c1n[nH]nc1-c1ccc(N2CCOCC2)cc1Br. The van der Waals surface area contributed by atoms with Crippen LogP contribution in [0.1, 0.15) is 10.5 Å². The third-order valence-corrected chi connectivity index (χ3v) is 4.02. The van der Waals surface area contributed by atoms with Gasteiger partial charge in [-0.2, -0.15) is 15.4 Å². The van der Waals surface area contributed by atoms with E-state index >= 15 is 0 Å². The van der Waals surface area contributed by atoms with Crippen LogP contribution in [0.15, 0.2) is 22.7 Å². The number of carbonyl (C=O) groups is 1. The van der Waals surface area contributed by atoms with Crippen molar-refractivity contribution in [3.8, 4) is 11.3 Å². The molecule has 1 fully saturated rings. The van der Waals surface area contributed by atoms with Crippen LogP contribution < -0.4 is 10.6 Å². The van der Waals surface area contributed by atoms with E-state index in [0.717, 1.165) is 42.0 Å². The van der Waals surface area contributed by atoms with E-state index in [0.29, 0.717) is 5.69 Å². The number of nitrogens with one attached hydrogen (secondary N) is 1. The number of benzene rings is 1. The first-order valence-corrected chi connectivity index (χ1v) is 7.29. The average Bonchev–Trinajstić information content (AvgIpc) is 2.97. The Balaban J connectivity index is 1.94. The zero-order chi connectivity index (χ0) is 14.8. The topological polar surface area (TPSA) is 97.1 Å². The zero-order valence-corrected chi connectivity index (χ0v) is 12.8. The van der Waals surface area contributed by atoms with E-state index in [4.69, 9.17) is 10.5 Å². The van der Waals surface area contributed by atoms with Crippen molar-refractivity contribution >= 4 is 27.5 Å². The molecule has 1 aromatic heterocycles. The highest BCUT2D eigenvalue weighted by molar-refractivity contribution is 9.10. The maximum absolute atomic E-state index is 11.3. The first-order valence-electron chi connectivity index (χ1n) is 6.50. The van der Waals surface area contributed by atoms with Crippen molar-refractivity contribution < 1.29 is 9.53 Å². The fourth-order valence-electron chi connectivity index (χ4n) is 2.30. The number of aromatic amines is 1. The summed E-state index contributed by atoms with van der Waals surface area (Å²) >= 11 is 3.53. The van der Waals surface area contributed by atoms with E-state index in [-0.39, 0.29) is 5.69 Å². The number of hydrogen-bond donors (Lipinski definition) is 2. The molecule has 8 heteroatoms. The van der Waals surface area contributed by atoms with Gasteiger partial charge in [0.1, 0.15) is 5.69 Å². The molecule has 1 aliphatic rings. The number of hydrogen-bond acceptors (Lipinski definition) is 5. The lowest BCUT2D eigenvalue weighted by Gasteiger charge is -2.29. The maximum Gasteiger partial charge on any atom is 0.271 e. The molecule has 0 aliphatic carbocycles. The molecule has 2 aromatic rings. The molecular formula is C13H14BrN5O2. The molecule has 110 valence electrons. The van der Waals surface area contributed by atoms with Crippen molar-refractivity contribution in [2.45, 2.75) is 0 Å². The Morgan fingerprint density at radius 1 is 1.33 bits per heavy atom. The Kier molecular flexibility index (Phi) is 3.89. The maximum atomic E-state index is 11.3. The summed E-state index contributed by atoms with van der Waals surface area (Å²) in [5, 5.41) is 10.2. The number of halogens is 1. The van der Waals surface area contributed by atoms with Crippen LogP contribution in [0.3, 0.4) is 0 Å². The smallest absolute Gasteiger partial charge is 0.271 e. The van der Waals surface area contributed by atoms with Crippen LogP contribution in [0.5, 0.6) is 0 Å². The molecule has 1 amide bonds. The van der Waals surface area contributed by atoms with Crippen LogP contribution in [-0.2, 0) is 4.74 Å². The fourth-order valence-corrected chi connectivity index (χ4v) is 2.86. The van der Waals surface area contributed by atoms with Crippen molar-refractivity contribution in [2.75, 3.05) is 31.2 Å². The van der Waals surface area contributed by atoms with Gasteiger partial charge in [-0.3, -0.25) is 4.79 Å². The van der Waals surface area contributed by atoms with E-state index in [1.165, 1.54) is 0 Å². The van der Waals surface area contributed by atoms with Crippen molar-refractivity contribution in [1.29, 1.82) is 0 Å². The van der Waals surface area contributed by atoms with Gasteiger partial charge >= 0.3 is 0 Å². The lowest BCUT2D eigenvalue weighted by Crippen LogP contribution is -2.36. The molecule has 0 atom stereocenters. The van der Waals surface area contributed by atoms with Crippen LogP contribution in [0.2, 0.25) is 0 Å². The number of carbonyl (C=O) groups excluding carboxylic acids is 1. The standard InChI is InChI=1S/C13H14BrN5O2/c14-10-7-8(19-3-5-21-6-4-19)1-2-9(10)11-12(13(15)20)17-18-16-11/h1-2,7H,3-6H2,(H2,15,20)(H,16,17,18). The molecule has 0 bridgehead atoms. The minimum atomic E-state index is -0.608. The molecule has 3 N–H and O–H groups in total. The summed E-state index contributed by atoms with van der Waals surface area (Å²) in [7, 11) is 0. The fraction of sp³-hybridized carbons (Fsp3) is 0.308. The summed E-state index contributed by atoms with van der Waals surface area (Å²) in [6.45, 7) is 3.19. The van der Waals surface area contributed by atoms with Crippen LogP contribution in [0.4, 0.5) is 5.69 Å². The Morgan fingerprint density at radius 2 is 2.10 bits per heavy atom. The number of nitrogens with two attached hydrogens (primary N) is 1. The molecule has 1 saturated heterocycles. The van der Waals surface area contributed by atoms with Gasteiger partial charge in [0.15, 0.2) is 5.69 Å². The number of nitrogens with zero attached hydrogens (tertiary/aromatic N) is 3. The number of H-pyrrole nitrogens is 1. The van der Waals surface area contributed by atoms with Gasteiger partial charge < -0.3 is 15.4 Å².